The van der Waals surface area contributed by atoms with E-state index in [1.165, 1.54) is 44.9 Å². The van der Waals surface area contributed by atoms with Gasteiger partial charge in [0, 0.05) is 5.92 Å². The molecule has 0 radical (unpaired) electrons. The van der Waals surface area contributed by atoms with Crippen LogP contribution in [-0.4, -0.2) is 11.6 Å². The molecule has 2 heteroatoms. The average molecular weight is 300 g/mol. The average Bonchev–Trinajstić information content (AvgIpc) is 3.30. The Morgan fingerprint density at radius 1 is 1.00 bits per heavy atom. The molecule has 4 bridgehead atoms. The Morgan fingerprint density at radius 3 is 2.45 bits per heavy atom. The number of carbonyl (C=O) groups is 1. The van der Waals surface area contributed by atoms with Crippen LogP contribution in [0.5, 0.6) is 0 Å². The molecule has 2 nitrogen and oxygen atoms in total. The molecule has 5 aliphatic carbocycles. The summed E-state index contributed by atoms with van der Waals surface area (Å²) in [6.45, 7) is 0. The van der Waals surface area contributed by atoms with E-state index in [1.807, 2.05) is 0 Å². The van der Waals surface area contributed by atoms with E-state index in [9.17, 15) is 4.79 Å². The van der Waals surface area contributed by atoms with Crippen LogP contribution < -0.4 is 0 Å². The quantitative estimate of drug-likeness (QED) is 0.567. The summed E-state index contributed by atoms with van der Waals surface area (Å²) in [6, 6.07) is 0. The van der Waals surface area contributed by atoms with Gasteiger partial charge in [-0.15, -0.1) is 0 Å². The Hall–Kier alpha value is -0.790. The molecule has 0 heterocycles. The van der Waals surface area contributed by atoms with Crippen LogP contribution in [0.1, 0.15) is 64.2 Å². The van der Waals surface area contributed by atoms with Crippen molar-refractivity contribution in [3.05, 3.63) is 12.2 Å². The van der Waals surface area contributed by atoms with Gasteiger partial charge in [-0.1, -0.05) is 18.6 Å². The number of hydrogen-bond acceptors (Lipinski definition) is 2. The molecule has 120 valence electrons. The summed E-state index contributed by atoms with van der Waals surface area (Å²) >= 11 is 0. The summed E-state index contributed by atoms with van der Waals surface area (Å²) < 4.78 is 6.40. The first-order valence-corrected chi connectivity index (χ1v) is 9.65. The van der Waals surface area contributed by atoms with Gasteiger partial charge in [0.15, 0.2) is 0 Å². The molecule has 6 atom stereocenters. The molecule has 0 N–H and O–H groups in total. The van der Waals surface area contributed by atoms with E-state index in [-0.39, 0.29) is 17.5 Å². The van der Waals surface area contributed by atoms with E-state index < -0.39 is 0 Å². The third kappa shape index (κ3) is 1.95. The van der Waals surface area contributed by atoms with Crippen molar-refractivity contribution >= 4 is 5.97 Å². The summed E-state index contributed by atoms with van der Waals surface area (Å²) in [7, 11) is 0. The molecule has 4 fully saturated rings. The van der Waals surface area contributed by atoms with Crippen molar-refractivity contribution < 1.29 is 9.53 Å². The number of fused-ring (bicyclic) bond motifs is 4. The predicted octanol–water partition coefficient (Wildman–Crippen LogP) is 4.49. The predicted molar refractivity (Wildman–Crippen MR) is 85.1 cm³/mol. The summed E-state index contributed by atoms with van der Waals surface area (Å²) in [6.07, 6.45) is 17.2. The molecule has 0 amide bonds. The number of ether oxygens (including phenoxy) is 1. The molecular formula is C20H28O2. The lowest BCUT2D eigenvalue weighted by atomic mass is 9.75. The third-order valence-corrected chi connectivity index (χ3v) is 7.75. The Bertz CT molecular complexity index is 502. The highest BCUT2D eigenvalue weighted by Gasteiger charge is 2.54. The minimum absolute atomic E-state index is 0.0670. The van der Waals surface area contributed by atoms with Crippen molar-refractivity contribution in [2.75, 3.05) is 0 Å². The molecular weight excluding hydrogens is 272 g/mol. The minimum Gasteiger partial charge on any atom is -0.459 e. The first kappa shape index (κ1) is 13.6. The van der Waals surface area contributed by atoms with Gasteiger partial charge in [-0.25, -0.2) is 0 Å². The number of allylic oxidation sites excluding steroid dienone is 2. The maximum atomic E-state index is 12.9. The second-order valence-corrected chi connectivity index (χ2v) is 8.86. The van der Waals surface area contributed by atoms with Crippen molar-refractivity contribution in [1.29, 1.82) is 0 Å². The third-order valence-electron chi connectivity index (χ3n) is 7.75. The summed E-state index contributed by atoms with van der Waals surface area (Å²) in [5.41, 5.74) is -0.0670. The summed E-state index contributed by atoms with van der Waals surface area (Å²) in [5, 5.41) is 0. The van der Waals surface area contributed by atoms with Gasteiger partial charge in [0.05, 0.1) is 5.92 Å². The minimum atomic E-state index is -0.0670. The lowest BCUT2D eigenvalue weighted by molar-refractivity contribution is -0.174. The zero-order valence-corrected chi connectivity index (χ0v) is 13.5. The van der Waals surface area contributed by atoms with Crippen LogP contribution in [0, 0.1) is 35.5 Å². The van der Waals surface area contributed by atoms with Crippen LogP contribution in [0.15, 0.2) is 12.2 Å². The van der Waals surface area contributed by atoms with Gasteiger partial charge in [-0.2, -0.15) is 0 Å². The number of carbonyl (C=O) groups excluding carboxylic acids is 1. The molecule has 0 spiro atoms. The van der Waals surface area contributed by atoms with Gasteiger partial charge in [0.1, 0.15) is 5.60 Å². The van der Waals surface area contributed by atoms with E-state index in [0.717, 1.165) is 31.1 Å². The van der Waals surface area contributed by atoms with Crippen molar-refractivity contribution in [3.8, 4) is 0 Å². The normalized spacial score (nSPS) is 47.5. The molecule has 0 saturated heterocycles. The van der Waals surface area contributed by atoms with Crippen molar-refractivity contribution in [2.45, 2.75) is 69.8 Å². The van der Waals surface area contributed by atoms with E-state index in [4.69, 9.17) is 4.74 Å². The molecule has 0 aromatic carbocycles. The molecule has 0 aromatic heterocycles. The molecule has 6 unspecified atom stereocenters. The monoisotopic (exact) mass is 300 g/mol. The molecule has 0 aromatic rings. The molecule has 0 aliphatic heterocycles. The summed E-state index contributed by atoms with van der Waals surface area (Å²) in [5.74, 6) is 3.95. The highest BCUT2D eigenvalue weighted by molar-refractivity contribution is 5.74. The highest BCUT2D eigenvalue weighted by Crippen LogP contribution is 2.57. The van der Waals surface area contributed by atoms with Gasteiger partial charge in [-0.05, 0) is 81.5 Å². The van der Waals surface area contributed by atoms with E-state index in [0.29, 0.717) is 17.8 Å². The maximum Gasteiger partial charge on any atom is 0.310 e. The van der Waals surface area contributed by atoms with Gasteiger partial charge in [0.25, 0.3) is 0 Å². The first-order valence-electron chi connectivity index (χ1n) is 9.65. The van der Waals surface area contributed by atoms with Crippen LogP contribution in [0.2, 0.25) is 0 Å². The number of esters is 1. The van der Waals surface area contributed by atoms with E-state index >= 15 is 0 Å². The van der Waals surface area contributed by atoms with Crippen LogP contribution in [0.4, 0.5) is 0 Å². The first-order chi connectivity index (χ1) is 10.7. The topological polar surface area (TPSA) is 26.3 Å². The van der Waals surface area contributed by atoms with Gasteiger partial charge >= 0.3 is 5.97 Å². The number of rotatable bonds is 3. The fourth-order valence-electron chi connectivity index (χ4n) is 6.74. The Kier molecular flexibility index (Phi) is 3.01. The molecule has 22 heavy (non-hydrogen) atoms. The molecule has 4 saturated carbocycles. The van der Waals surface area contributed by atoms with Crippen LogP contribution >= 0.6 is 0 Å². The van der Waals surface area contributed by atoms with Crippen LogP contribution in [0.25, 0.3) is 0 Å². The van der Waals surface area contributed by atoms with Crippen molar-refractivity contribution in [2.24, 2.45) is 35.5 Å². The standard InChI is InChI=1S/C20H28O2/c21-19(17-11-13-3-5-15(17)9-13)22-20(7-1-2-8-20)18-12-14-4-6-16(18)10-14/h3,5,13-18H,1-2,4,6-12H2. The Morgan fingerprint density at radius 2 is 1.86 bits per heavy atom. The zero-order chi connectivity index (χ0) is 14.7. The second kappa shape index (κ2) is 4.85. The zero-order valence-electron chi connectivity index (χ0n) is 13.5. The van der Waals surface area contributed by atoms with Crippen molar-refractivity contribution in [3.63, 3.8) is 0 Å². The lowest BCUT2D eigenvalue weighted by Crippen LogP contribution is -2.44. The van der Waals surface area contributed by atoms with Crippen LogP contribution in [-0.2, 0) is 9.53 Å². The SMILES string of the molecule is O=C(OC1(C2CC3CCC2C3)CCCC1)C1CC2C=CC1C2. The van der Waals surface area contributed by atoms with E-state index in [2.05, 4.69) is 12.2 Å². The highest BCUT2D eigenvalue weighted by atomic mass is 16.6. The van der Waals surface area contributed by atoms with Gasteiger partial charge < -0.3 is 4.74 Å². The van der Waals surface area contributed by atoms with Crippen LogP contribution in [0.3, 0.4) is 0 Å². The largest absolute Gasteiger partial charge is 0.459 e. The summed E-state index contributed by atoms with van der Waals surface area (Å²) in [4.78, 5) is 12.9. The number of hydrogen-bond donors (Lipinski definition) is 0. The van der Waals surface area contributed by atoms with E-state index in [1.54, 1.807) is 0 Å². The smallest absolute Gasteiger partial charge is 0.310 e. The van der Waals surface area contributed by atoms with Gasteiger partial charge in [-0.3, -0.25) is 4.79 Å². The van der Waals surface area contributed by atoms with Crippen molar-refractivity contribution in [1.82, 2.24) is 0 Å². The fraction of sp³-hybridized carbons (Fsp3) is 0.850. The molecule has 5 aliphatic rings. The second-order valence-electron chi connectivity index (χ2n) is 8.86. The Balaban J connectivity index is 1.35. The Labute approximate surface area is 133 Å². The molecule has 5 rings (SSSR count). The maximum absolute atomic E-state index is 12.9. The fourth-order valence-corrected chi connectivity index (χ4v) is 6.74. The van der Waals surface area contributed by atoms with Gasteiger partial charge in [0.2, 0.25) is 0 Å². The lowest BCUT2D eigenvalue weighted by Gasteiger charge is -2.40.